The Balaban J connectivity index is 1.97. The van der Waals surface area contributed by atoms with Gasteiger partial charge >= 0.3 is 0 Å². The maximum atomic E-state index is 13.2. The molecule has 0 spiro atoms. The third kappa shape index (κ3) is 2.49. The molecule has 2 aliphatic rings. The summed E-state index contributed by atoms with van der Waals surface area (Å²) in [7, 11) is -1.59. The molecule has 0 aromatic carbocycles. The highest BCUT2D eigenvalue weighted by Crippen LogP contribution is 2.40. The largest absolute Gasteiger partial charge is 0.474 e. The highest BCUT2D eigenvalue weighted by molar-refractivity contribution is 7.93. The Morgan fingerprint density at radius 2 is 1.82 bits per heavy atom. The summed E-state index contributed by atoms with van der Waals surface area (Å²) in [5, 5.41) is 4.02. The summed E-state index contributed by atoms with van der Waals surface area (Å²) in [6, 6.07) is 0. The number of anilines is 1. The molecule has 2 heterocycles. The van der Waals surface area contributed by atoms with Gasteiger partial charge in [-0.15, -0.1) is 0 Å². The number of hydrogen-bond acceptors (Lipinski definition) is 4. The van der Waals surface area contributed by atoms with E-state index in [0.717, 1.165) is 19.3 Å². The van der Waals surface area contributed by atoms with Crippen LogP contribution in [0.15, 0.2) is 0 Å². The van der Waals surface area contributed by atoms with Crippen molar-refractivity contribution in [3.8, 4) is 5.88 Å². The normalized spacial score (nSPS) is 29.1. The number of rotatable bonds is 2. The Morgan fingerprint density at radius 3 is 2.45 bits per heavy atom. The van der Waals surface area contributed by atoms with Gasteiger partial charge in [-0.2, -0.15) is 5.10 Å². The summed E-state index contributed by atoms with van der Waals surface area (Å²) in [6.45, 7) is 6.89. The van der Waals surface area contributed by atoms with Crippen LogP contribution in [0.25, 0.3) is 0 Å². The quantitative estimate of drug-likeness (QED) is 0.834. The van der Waals surface area contributed by atoms with Crippen molar-refractivity contribution < 1.29 is 13.2 Å². The monoisotopic (exact) mass is 327 g/mol. The minimum atomic E-state index is -3.37. The lowest BCUT2D eigenvalue weighted by Crippen LogP contribution is -2.45. The van der Waals surface area contributed by atoms with Crippen molar-refractivity contribution in [1.29, 1.82) is 0 Å². The third-order valence-electron chi connectivity index (χ3n) is 4.79. The first-order chi connectivity index (χ1) is 10.3. The standard InChI is InChI=1S/C15H25N3O3S/c1-10-7-11(2)9-13(8-10)22(19,20)18-5-6-21-15-14(18)12(3)16-17(15)4/h10-11,13H,5-9H2,1-4H3. The number of hydrogen-bond donors (Lipinski definition) is 0. The van der Waals surface area contributed by atoms with Crippen LogP contribution < -0.4 is 9.04 Å². The van der Waals surface area contributed by atoms with Crippen LogP contribution in [-0.2, 0) is 17.1 Å². The summed E-state index contributed by atoms with van der Waals surface area (Å²) in [5.74, 6) is 1.47. The van der Waals surface area contributed by atoms with Crippen molar-refractivity contribution in [2.45, 2.75) is 45.3 Å². The van der Waals surface area contributed by atoms with Crippen LogP contribution in [0.1, 0.15) is 38.8 Å². The molecule has 1 aromatic heterocycles. The zero-order valence-corrected chi connectivity index (χ0v) is 14.6. The first-order valence-corrected chi connectivity index (χ1v) is 9.49. The first-order valence-electron chi connectivity index (χ1n) is 7.98. The van der Waals surface area contributed by atoms with Gasteiger partial charge in [0.1, 0.15) is 12.3 Å². The summed E-state index contributed by atoms with van der Waals surface area (Å²) >= 11 is 0. The Hall–Kier alpha value is -1.24. The van der Waals surface area contributed by atoms with E-state index in [9.17, 15) is 8.42 Å². The molecule has 22 heavy (non-hydrogen) atoms. The second-order valence-electron chi connectivity index (χ2n) is 6.87. The molecule has 1 saturated carbocycles. The van der Waals surface area contributed by atoms with E-state index in [1.54, 1.807) is 16.0 Å². The van der Waals surface area contributed by atoms with E-state index in [1.807, 2.05) is 6.92 Å². The van der Waals surface area contributed by atoms with Gasteiger partial charge in [-0.25, -0.2) is 13.1 Å². The molecule has 1 fully saturated rings. The zero-order chi connectivity index (χ0) is 16.1. The van der Waals surface area contributed by atoms with E-state index in [0.29, 0.717) is 42.2 Å². The van der Waals surface area contributed by atoms with E-state index in [4.69, 9.17) is 4.74 Å². The van der Waals surface area contributed by atoms with E-state index in [-0.39, 0.29) is 5.25 Å². The van der Waals surface area contributed by atoms with Crippen molar-refractivity contribution in [3.05, 3.63) is 5.69 Å². The van der Waals surface area contributed by atoms with Crippen molar-refractivity contribution in [1.82, 2.24) is 9.78 Å². The predicted molar refractivity (Wildman–Crippen MR) is 85.7 cm³/mol. The lowest BCUT2D eigenvalue weighted by Gasteiger charge is -2.36. The van der Waals surface area contributed by atoms with Gasteiger partial charge in [0.2, 0.25) is 15.9 Å². The van der Waals surface area contributed by atoms with Gasteiger partial charge in [0, 0.05) is 7.05 Å². The summed E-state index contributed by atoms with van der Waals surface area (Å²) in [4.78, 5) is 0. The highest BCUT2D eigenvalue weighted by atomic mass is 32.2. The molecule has 2 unspecified atom stereocenters. The van der Waals surface area contributed by atoms with Crippen molar-refractivity contribution in [2.75, 3.05) is 17.5 Å². The molecule has 0 bridgehead atoms. The minimum Gasteiger partial charge on any atom is -0.474 e. The molecule has 6 nitrogen and oxygen atoms in total. The topological polar surface area (TPSA) is 64.4 Å². The fourth-order valence-corrected chi connectivity index (χ4v) is 6.26. The minimum absolute atomic E-state index is 0.295. The molecule has 0 N–H and O–H groups in total. The molecule has 124 valence electrons. The second kappa shape index (κ2) is 5.44. The fraction of sp³-hybridized carbons (Fsp3) is 0.800. The number of ether oxygens (including phenoxy) is 1. The highest BCUT2D eigenvalue weighted by Gasteiger charge is 2.41. The van der Waals surface area contributed by atoms with E-state index in [2.05, 4.69) is 18.9 Å². The predicted octanol–water partition coefficient (Wildman–Crippen LogP) is 2.08. The smallest absolute Gasteiger partial charge is 0.238 e. The molecule has 3 rings (SSSR count). The van der Waals surface area contributed by atoms with Crippen LogP contribution in [0.2, 0.25) is 0 Å². The Kier molecular flexibility index (Phi) is 3.87. The molecular formula is C15H25N3O3S. The summed E-state index contributed by atoms with van der Waals surface area (Å²) in [6.07, 6.45) is 2.61. The lowest BCUT2D eigenvalue weighted by atomic mass is 9.83. The van der Waals surface area contributed by atoms with Gasteiger partial charge in [-0.3, -0.25) is 4.31 Å². The van der Waals surface area contributed by atoms with Gasteiger partial charge in [-0.1, -0.05) is 13.8 Å². The first kappa shape index (κ1) is 15.6. The van der Waals surface area contributed by atoms with E-state index in [1.165, 1.54) is 0 Å². The Labute approximate surface area is 132 Å². The van der Waals surface area contributed by atoms with Crippen molar-refractivity contribution in [2.24, 2.45) is 18.9 Å². The second-order valence-corrected chi connectivity index (χ2v) is 9.01. The van der Waals surface area contributed by atoms with Crippen LogP contribution in [0.5, 0.6) is 5.88 Å². The fourth-order valence-electron chi connectivity index (χ4n) is 3.96. The van der Waals surface area contributed by atoms with Crippen LogP contribution in [0.4, 0.5) is 5.69 Å². The molecule has 0 amide bonds. The number of aromatic nitrogens is 2. The van der Waals surface area contributed by atoms with Gasteiger partial charge in [0.05, 0.1) is 17.5 Å². The summed E-state index contributed by atoms with van der Waals surface area (Å²) in [5.41, 5.74) is 1.33. The van der Waals surface area contributed by atoms with Crippen LogP contribution in [0.3, 0.4) is 0 Å². The van der Waals surface area contributed by atoms with Gasteiger partial charge in [0.15, 0.2) is 0 Å². The number of aryl methyl sites for hydroxylation is 2. The Bertz CT molecular complexity index is 658. The molecular weight excluding hydrogens is 302 g/mol. The molecule has 1 aliphatic heterocycles. The average molecular weight is 327 g/mol. The third-order valence-corrected chi connectivity index (χ3v) is 6.99. The molecule has 7 heteroatoms. The molecule has 2 atom stereocenters. The van der Waals surface area contributed by atoms with E-state index < -0.39 is 10.0 Å². The van der Waals surface area contributed by atoms with Crippen LogP contribution in [0, 0.1) is 18.8 Å². The van der Waals surface area contributed by atoms with E-state index >= 15 is 0 Å². The summed E-state index contributed by atoms with van der Waals surface area (Å²) < 4.78 is 35.2. The number of nitrogens with zero attached hydrogens (tertiary/aromatic N) is 3. The maximum absolute atomic E-state index is 13.2. The molecule has 1 aliphatic carbocycles. The van der Waals surface area contributed by atoms with Gasteiger partial charge < -0.3 is 4.74 Å². The molecule has 0 radical (unpaired) electrons. The molecule has 0 saturated heterocycles. The number of sulfonamides is 1. The average Bonchev–Trinajstić information content (AvgIpc) is 2.73. The van der Waals surface area contributed by atoms with Gasteiger partial charge in [-0.05, 0) is 38.0 Å². The van der Waals surface area contributed by atoms with Crippen molar-refractivity contribution in [3.63, 3.8) is 0 Å². The number of fused-ring (bicyclic) bond motifs is 1. The van der Waals surface area contributed by atoms with Crippen LogP contribution in [-0.4, -0.2) is 36.6 Å². The SMILES string of the molecule is Cc1nn(C)c2c1N(S(=O)(=O)C1CC(C)CC(C)C1)CCO2. The Morgan fingerprint density at radius 1 is 1.18 bits per heavy atom. The zero-order valence-electron chi connectivity index (χ0n) is 13.7. The maximum Gasteiger partial charge on any atom is 0.238 e. The van der Waals surface area contributed by atoms with Gasteiger partial charge in [0.25, 0.3) is 0 Å². The van der Waals surface area contributed by atoms with Crippen molar-refractivity contribution >= 4 is 15.7 Å². The molecule has 1 aromatic rings. The van der Waals surface area contributed by atoms with Crippen LogP contribution >= 0.6 is 0 Å². The lowest BCUT2D eigenvalue weighted by molar-refractivity contribution is 0.284.